The second kappa shape index (κ2) is 6.12. The second-order valence-corrected chi connectivity index (χ2v) is 5.45. The summed E-state index contributed by atoms with van der Waals surface area (Å²) in [6.45, 7) is 0.549. The van der Waals surface area contributed by atoms with Crippen LogP contribution in [-0.4, -0.2) is 41.8 Å². The van der Waals surface area contributed by atoms with Gasteiger partial charge in [0.15, 0.2) is 6.61 Å². The van der Waals surface area contributed by atoms with Crippen molar-refractivity contribution >= 4 is 17.5 Å². The molecule has 7 heteroatoms. The third kappa shape index (κ3) is 3.18. The second-order valence-electron chi connectivity index (χ2n) is 5.45. The van der Waals surface area contributed by atoms with E-state index in [1.807, 2.05) is 13.2 Å². The van der Waals surface area contributed by atoms with Crippen LogP contribution in [0.3, 0.4) is 0 Å². The Morgan fingerprint density at radius 3 is 2.96 bits per heavy atom. The molecule has 2 amide bonds. The number of ether oxygens (including phenoxy) is 1. The Bertz CT molecular complexity index is 754. The van der Waals surface area contributed by atoms with Crippen LogP contribution in [0.1, 0.15) is 15.9 Å². The number of fused-ring (bicyclic) bond motifs is 1. The van der Waals surface area contributed by atoms with Gasteiger partial charge < -0.3 is 15.0 Å². The van der Waals surface area contributed by atoms with Gasteiger partial charge in [0.2, 0.25) is 0 Å². The van der Waals surface area contributed by atoms with Crippen molar-refractivity contribution in [3.63, 3.8) is 0 Å². The molecule has 0 unspecified atom stereocenters. The third-order valence-corrected chi connectivity index (χ3v) is 3.77. The zero-order chi connectivity index (χ0) is 16.4. The number of hydrogen-bond acceptors (Lipinski definition) is 4. The number of rotatable bonds is 4. The van der Waals surface area contributed by atoms with Crippen LogP contribution in [0, 0.1) is 0 Å². The molecule has 0 saturated heterocycles. The van der Waals surface area contributed by atoms with Crippen LogP contribution in [0.15, 0.2) is 30.6 Å². The van der Waals surface area contributed by atoms with E-state index in [1.54, 1.807) is 36.1 Å². The number of amides is 2. The van der Waals surface area contributed by atoms with Gasteiger partial charge in [0, 0.05) is 32.4 Å². The number of carbonyl (C=O) groups excluding carboxylic acids is 2. The lowest BCUT2D eigenvalue weighted by Gasteiger charge is -2.26. The molecule has 7 nitrogen and oxygen atoms in total. The van der Waals surface area contributed by atoms with Crippen molar-refractivity contribution in [2.75, 3.05) is 25.1 Å². The van der Waals surface area contributed by atoms with Crippen molar-refractivity contribution in [2.24, 2.45) is 7.05 Å². The highest BCUT2D eigenvalue weighted by molar-refractivity contribution is 6.00. The normalized spacial score (nSPS) is 13.5. The Morgan fingerprint density at radius 1 is 1.39 bits per heavy atom. The SMILES string of the molecule is CN1C(=O)COc2ccc(C(=O)NCCc3cnn(C)c3)cc21. The highest BCUT2D eigenvalue weighted by Crippen LogP contribution is 2.31. The molecule has 1 aromatic carbocycles. The van der Waals surface area contributed by atoms with Crippen LogP contribution in [0.2, 0.25) is 0 Å². The van der Waals surface area contributed by atoms with Crippen molar-refractivity contribution in [3.05, 3.63) is 41.7 Å². The lowest BCUT2D eigenvalue weighted by atomic mass is 10.1. The van der Waals surface area contributed by atoms with E-state index in [-0.39, 0.29) is 18.4 Å². The lowest BCUT2D eigenvalue weighted by Crippen LogP contribution is -2.35. The summed E-state index contributed by atoms with van der Waals surface area (Å²) in [5, 5.41) is 6.96. The number of aromatic nitrogens is 2. The fourth-order valence-corrected chi connectivity index (χ4v) is 2.44. The Balaban J connectivity index is 1.64. The summed E-state index contributed by atoms with van der Waals surface area (Å²) >= 11 is 0. The van der Waals surface area contributed by atoms with E-state index in [0.717, 1.165) is 5.56 Å². The van der Waals surface area contributed by atoms with Gasteiger partial charge in [0.05, 0.1) is 11.9 Å². The average Bonchev–Trinajstić information content (AvgIpc) is 2.96. The van der Waals surface area contributed by atoms with Crippen LogP contribution >= 0.6 is 0 Å². The molecule has 2 aromatic rings. The third-order valence-electron chi connectivity index (χ3n) is 3.77. The van der Waals surface area contributed by atoms with Crippen molar-refractivity contribution in [1.82, 2.24) is 15.1 Å². The van der Waals surface area contributed by atoms with Crippen molar-refractivity contribution in [3.8, 4) is 5.75 Å². The molecule has 0 saturated carbocycles. The number of anilines is 1. The largest absolute Gasteiger partial charge is 0.482 e. The van der Waals surface area contributed by atoms with Gasteiger partial charge >= 0.3 is 0 Å². The minimum atomic E-state index is -0.178. The number of likely N-dealkylation sites (N-methyl/N-ethyl adjacent to an activating group) is 1. The van der Waals surface area contributed by atoms with Crippen LogP contribution in [0.5, 0.6) is 5.75 Å². The maximum Gasteiger partial charge on any atom is 0.264 e. The molecule has 0 aliphatic carbocycles. The molecule has 0 bridgehead atoms. The van der Waals surface area contributed by atoms with Gasteiger partial charge in [0.25, 0.3) is 11.8 Å². The van der Waals surface area contributed by atoms with Crippen molar-refractivity contribution < 1.29 is 14.3 Å². The van der Waals surface area contributed by atoms with Crippen molar-refractivity contribution in [2.45, 2.75) is 6.42 Å². The molecule has 1 aliphatic rings. The molecule has 0 atom stereocenters. The molecule has 0 fully saturated rings. The first kappa shape index (κ1) is 15.1. The zero-order valence-corrected chi connectivity index (χ0v) is 13.1. The Hall–Kier alpha value is -2.83. The van der Waals surface area contributed by atoms with Crippen LogP contribution in [0.4, 0.5) is 5.69 Å². The van der Waals surface area contributed by atoms with E-state index in [9.17, 15) is 9.59 Å². The molecule has 1 N–H and O–H groups in total. The van der Waals surface area contributed by atoms with E-state index in [1.165, 1.54) is 4.90 Å². The average molecular weight is 314 g/mol. The fourth-order valence-electron chi connectivity index (χ4n) is 2.44. The smallest absolute Gasteiger partial charge is 0.264 e. The number of nitrogens with zero attached hydrogens (tertiary/aromatic N) is 3. The monoisotopic (exact) mass is 314 g/mol. The first-order valence-electron chi connectivity index (χ1n) is 7.34. The molecule has 3 rings (SSSR count). The molecular weight excluding hydrogens is 296 g/mol. The lowest BCUT2D eigenvalue weighted by molar-refractivity contribution is -0.120. The number of aryl methyl sites for hydroxylation is 1. The predicted molar refractivity (Wildman–Crippen MR) is 84.6 cm³/mol. The topological polar surface area (TPSA) is 76.5 Å². The fraction of sp³-hybridized carbons (Fsp3) is 0.312. The number of hydrogen-bond donors (Lipinski definition) is 1. The summed E-state index contributed by atoms with van der Waals surface area (Å²) in [5.74, 6) is 0.300. The highest BCUT2D eigenvalue weighted by atomic mass is 16.5. The Morgan fingerprint density at radius 2 is 2.22 bits per heavy atom. The molecule has 1 aromatic heterocycles. The van der Waals surface area contributed by atoms with Gasteiger partial charge in [-0.05, 0) is 30.2 Å². The summed E-state index contributed by atoms with van der Waals surface area (Å²) in [5.41, 5.74) is 2.18. The number of benzene rings is 1. The highest BCUT2D eigenvalue weighted by Gasteiger charge is 2.23. The Kier molecular flexibility index (Phi) is 4.01. The predicted octanol–water partition coefficient (Wildman–Crippen LogP) is 0.748. The van der Waals surface area contributed by atoms with Gasteiger partial charge in [-0.2, -0.15) is 5.10 Å². The Labute approximate surface area is 133 Å². The minimum absolute atomic E-state index is 0.0279. The maximum atomic E-state index is 12.2. The molecule has 23 heavy (non-hydrogen) atoms. The van der Waals surface area contributed by atoms with Crippen molar-refractivity contribution in [1.29, 1.82) is 0 Å². The van der Waals surface area contributed by atoms with Gasteiger partial charge in [-0.25, -0.2) is 0 Å². The summed E-state index contributed by atoms with van der Waals surface area (Å²) in [6.07, 6.45) is 4.41. The van der Waals surface area contributed by atoms with E-state index in [4.69, 9.17) is 4.74 Å². The first-order chi connectivity index (χ1) is 11.0. The summed E-state index contributed by atoms with van der Waals surface area (Å²) < 4.78 is 7.08. The standard InChI is InChI=1S/C16H18N4O3/c1-19-9-11(8-18-19)5-6-17-16(22)12-3-4-14-13(7-12)20(2)15(21)10-23-14/h3-4,7-9H,5-6,10H2,1-2H3,(H,17,22). The molecule has 120 valence electrons. The molecular formula is C16H18N4O3. The van der Waals surface area contributed by atoms with Crippen LogP contribution < -0.4 is 15.0 Å². The zero-order valence-electron chi connectivity index (χ0n) is 13.1. The quantitative estimate of drug-likeness (QED) is 0.903. The summed E-state index contributed by atoms with van der Waals surface area (Å²) in [4.78, 5) is 25.4. The van der Waals surface area contributed by atoms with Crippen LogP contribution in [-0.2, 0) is 18.3 Å². The molecule has 2 heterocycles. The molecule has 0 radical (unpaired) electrons. The first-order valence-corrected chi connectivity index (χ1v) is 7.34. The summed E-state index contributed by atoms with van der Waals surface area (Å²) in [7, 11) is 3.53. The molecule has 1 aliphatic heterocycles. The van der Waals surface area contributed by atoms with E-state index in [0.29, 0.717) is 30.0 Å². The van der Waals surface area contributed by atoms with Gasteiger partial charge in [-0.1, -0.05) is 0 Å². The van der Waals surface area contributed by atoms with E-state index >= 15 is 0 Å². The number of carbonyl (C=O) groups is 2. The van der Waals surface area contributed by atoms with E-state index < -0.39 is 0 Å². The minimum Gasteiger partial charge on any atom is -0.482 e. The van der Waals surface area contributed by atoms with E-state index in [2.05, 4.69) is 10.4 Å². The molecule has 0 spiro atoms. The number of nitrogens with one attached hydrogen (secondary N) is 1. The van der Waals surface area contributed by atoms with Crippen LogP contribution in [0.25, 0.3) is 0 Å². The maximum absolute atomic E-state index is 12.2. The van der Waals surface area contributed by atoms with Gasteiger partial charge in [-0.15, -0.1) is 0 Å². The summed E-state index contributed by atoms with van der Waals surface area (Å²) in [6, 6.07) is 5.09. The van der Waals surface area contributed by atoms with Gasteiger partial charge in [-0.3, -0.25) is 14.3 Å². The van der Waals surface area contributed by atoms with Gasteiger partial charge in [0.1, 0.15) is 5.75 Å².